The first-order valence-electron chi connectivity index (χ1n) is 9.98. The zero-order valence-corrected chi connectivity index (χ0v) is 16.8. The number of benzene rings is 1. The Hall–Kier alpha value is -3.02. The maximum Gasteiger partial charge on any atom is 0.289 e. The summed E-state index contributed by atoms with van der Waals surface area (Å²) in [5.41, 5.74) is 3.62. The van der Waals surface area contributed by atoms with Crippen molar-refractivity contribution >= 4 is 5.91 Å². The van der Waals surface area contributed by atoms with Crippen LogP contribution in [0.5, 0.6) is 0 Å². The summed E-state index contributed by atoms with van der Waals surface area (Å²) in [7, 11) is 1.83. The quantitative estimate of drug-likeness (QED) is 0.677. The molecule has 4 rings (SSSR count). The largest absolute Gasteiger partial charge is 0.335 e. The van der Waals surface area contributed by atoms with Crippen molar-refractivity contribution < 1.29 is 9.18 Å². The van der Waals surface area contributed by atoms with E-state index < -0.39 is 0 Å². The summed E-state index contributed by atoms with van der Waals surface area (Å²) in [6.07, 6.45) is 5.88. The average molecular weight is 392 g/mol. The fraction of sp³-hybridized carbons (Fsp3) is 0.348. The second-order valence-corrected chi connectivity index (χ2v) is 7.76. The van der Waals surface area contributed by atoms with E-state index in [1.807, 2.05) is 37.1 Å². The lowest BCUT2D eigenvalue weighted by Crippen LogP contribution is -2.40. The first-order valence-corrected chi connectivity index (χ1v) is 9.98. The number of rotatable bonds is 4. The fourth-order valence-corrected chi connectivity index (χ4v) is 4.06. The van der Waals surface area contributed by atoms with Crippen LogP contribution >= 0.6 is 0 Å². The van der Waals surface area contributed by atoms with Crippen LogP contribution in [0.15, 0.2) is 48.8 Å². The van der Waals surface area contributed by atoms with Crippen molar-refractivity contribution in [2.24, 2.45) is 7.05 Å². The van der Waals surface area contributed by atoms with E-state index >= 15 is 0 Å². The van der Waals surface area contributed by atoms with Crippen LogP contribution in [-0.4, -0.2) is 38.4 Å². The number of piperidine rings is 1. The Kier molecular flexibility index (Phi) is 5.43. The van der Waals surface area contributed by atoms with Gasteiger partial charge in [-0.05, 0) is 49.1 Å². The van der Waals surface area contributed by atoms with Gasteiger partial charge in [-0.15, -0.1) is 0 Å². The van der Waals surface area contributed by atoms with Crippen molar-refractivity contribution in [3.8, 4) is 0 Å². The smallest absolute Gasteiger partial charge is 0.289 e. The molecule has 0 N–H and O–H groups in total. The maximum atomic E-state index is 14.1. The molecule has 0 aliphatic carbocycles. The molecule has 0 radical (unpaired) electrons. The number of pyridine rings is 1. The molecule has 1 amide bonds. The number of aryl methyl sites for hydroxylation is 2. The van der Waals surface area contributed by atoms with Crippen LogP contribution in [0, 0.1) is 12.7 Å². The van der Waals surface area contributed by atoms with Crippen molar-refractivity contribution in [3.63, 3.8) is 0 Å². The number of halogens is 1. The lowest BCUT2D eigenvalue weighted by Gasteiger charge is -2.32. The van der Waals surface area contributed by atoms with Crippen molar-refractivity contribution in [3.05, 3.63) is 82.9 Å². The molecule has 0 bridgehead atoms. The van der Waals surface area contributed by atoms with E-state index in [-0.39, 0.29) is 17.6 Å². The molecule has 3 aromatic rings. The molecular formula is C23H25FN4O. The number of nitrogens with zero attached hydrogens (tertiary/aromatic N) is 4. The van der Waals surface area contributed by atoms with E-state index in [0.29, 0.717) is 24.4 Å². The van der Waals surface area contributed by atoms with E-state index in [4.69, 9.17) is 4.98 Å². The summed E-state index contributed by atoms with van der Waals surface area (Å²) < 4.78 is 15.8. The number of imidazole rings is 1. The van der Waals surface area contributed by atoms with E-state index in [1.165, 1.54) is 6.07 Å². The Morgan fingerprint density at radius 2 is 2.10 bits per heavy atom. The summed E-state index contributed by atoms with van der Waals surface area (Å²) in [5.74, 6) is 0.407. The first-order chi connectivity index (χ1) is 14.0. The van der Waals surface area contributed by atoms with Gasteiger partial charge in [0.25, 0.3) is 5.91 Å². The monoisotopic (exact) mass is 392 g/mol. The van der Waals surface area contributed by atoms with Crippen molar-refractivity contribution in [2.45, 2.75) is 32.1 Å². The van der Waals surface area contributed by atoms with Crippen molar-refractivity contribution in [2.75, 3.05) is 13.1 Å². The minimum Gasteiger partial charge on any atom is -0.335 e. The Morgan fingerprint density at radius 3 is 2.86 bits per heavy atom. The van der Waals surface area contributed by atoms with Gasteiger partial charge >= 0.3 is 0 Å². The molecule has 3 heterocycles. The van der Waals surface area contributed by atoms with Gasteiger partial charge in [0.1, 0.15) is 5.82 Å². The standard InChI is InChI=1S/C23H25FN4O/c1-16-12-17(13-18-6-3-4-8-20(18)24)14-21(26-16)19-7-5-10-28(15-19)23(29)22-25-9-11-27(22)2/h3-4,6,8-9,11-12,14,19H,5,7,10,13,15H2,1-2H3/t19-/m1/s1. The number of likely N-dealkylation sites (tertiary alicyclic amines) is 1. The molecule has 0 spiro atoms. The molecule has 1 aliphatic heterocycles. The van der Waals surface area contributed by atoms with Gasteiger partial charge in [-0.25, -0.2) is 9.37 Å². The van der Waals surface area contributed by atoms with Crippen LogP contribution in [0.4, 0.5) is 4.39 Å². The Bertz CT molecular complexity index is 1030. The van der Waals surface area contributed by atoms with Gasteiger partial charge in [0.2, 0.25) is 0 Å². The highest BCUT2D eigenvalue weighted by Gasteiger charge is 2.28. The molecule has 150 valence electrons. The van der Waals surface area contributed by atoms with E-state index in [1.54, 1.807) is 23.0 Å². The summed E-state index contributed by atoms with van der Waals surface area (Å²) in [6.45, 7) is 3.32. The number of hydrogen-bond acceptors (Lipinski definition) is 3. The normalized spacial score (nSPS) is 16.8. The van der Waals surface area contributed by atoms with E-state index in [0.717, 1.165) is 36.3 Å². The highest BCUT2D eigenvalue weighted by Crippen LogP contribution is 2.28. The molecule has 1 saturated heterocycles. The molecule has 29 heavy (non-hydrogen) atoms. The lowest BCUT2D eigenvalue weighted by atomic mass is 9.92. The SMILES string of the molecule is Cc1cc(Cc2ccccc2F)cc([C@@H]2CCCN(C(=O)c3nccn3C)C2)n1. The molecule has 2 aromatic heterocycles. The zero-order chi connectivity index (χ0) is 20.4. The van der Waals surface area contributed by atoms with Gasteiger partial charge < -0.3 is 9.47 Å². The van der Waals surface area contributed by atoms with Crippen molar-refractivity contribution in [1.82, 2.24) is 19.4 Å². The van der Waals surface area contributed by atoms with Gasteiger partial charge in [0.15, 0.2) is 5.82 Å². The second kappa shape index (κ2) is 8.15. The Labute approximate surface area is 170 Å². The van der Waals surface area contributed by atoms with Gasteiger partial charge in [0.05, 0.1) is 0 Å². The number of carbonyl (C=O) groups excluding carboxylic acids is 1. The highest BCUT2D eigenvalue weighted by molar-refractivity contribution is 5.90. The predicted octanol–water partition coefficient (Wildman–Crippen LogP) is 3.87. The minimum atomic E-state index is -0.187. The van der Waals surface area contributed by atoms with Crippen LogP contribution < -0.4 is 0 Å². The first kappa shape index (κ1) is 19.3. The summed E-state index contributed by atoms with van der Waals surface area (Å²) >= 11 is 0. The molecule has 1 aromatic carbocycles. The second-order valence-electron chi connectivity index (χ2n) is 7.76. The van der Waals surface area contributed by atoms with Crippen molar-refractivity contribution in [1.29, 1.82) is 0 Å². The topological polar surface area (TPSA) is 51.0 Å². The van der Waals surface area contributed by atoms with Gasteiger partial charge in [0, 0.05) is 56.3 Å². The highest BCUT2D eigenvalue weighted by atomic mass is 19.1. The number of carbonyl (C=O) groups is 1. The molecule has 6 heteroatoms. The molecule has 0 unspecified atom stereocenters. The van der Waals surface area contributed by atoms with Gasteiger partial charge in [-0.1, -0.05) is 18.2 Å². The third-order valence-electron chi connectivity index (χ3n) is 5.52. The lowest BCUT2D eigenvalue weighted by molar-refractivity contribution is 0.0690. The Morgan fingerprint density at radius 1 is 1.28 bits per heavy atom. The molecule has 1 atom stereocenters. The zero-order valence-electron chi connectivity index (χ0n) is 16.8. The maximum absolute atomic E-state index is 14.1. The number of amides is 1. The molecule has 1 fully saturated rings. The van der Waals surface area contributed by atoms with Crippen LogP contribution in [-0.2, 0) is 13.5 Å². The molecular weight excluding hydrogens is 367 g/mol. The van der Waals surface area contributed by atoms with Crippen LogP contribution in [0.2, 0.25) is 0 Å². The minimum absolute atomic E-state index is 0.0403. The predicted molar refractivity (Wildman–Crippen MR) is 109 cm³/mol. The van der Waals surface area contributed by atoms with E-state index in [9.17, 15) is 9.18 Å². The molecule has 5 nitrogen and oxygen atoms in total. The number of hydrogen-bond donors (Lipinski definition) is 0. The fourth-order valence-electron chi connectivity index (χ4n) is 4.06. The summed E-state index contributed by atoms with van der Waals surface area (Å²) in [6, 6.07) is 11.0. The molecule has 0 saturated carbocycles. The average Bonchev–Trinajstić information content (AvgIpc) is 3.15. The number of aromatic nitrogens is 3. The van der Waals surface area contributed by atoms with E-state index in [2.05, 4.69) is 11.1 Å². The van der Waals surface area contributed by atoms with Crippen LogP contribution in [0.3, 0.4) is 0 Å². The summed E-state index contributed by atoms with van der Waals surface area (Å²) in [5, 5.41) is 0. The van der Waals surface area contributed by atoms with Crippen LogP contribution in [0.25, 0.3) is 0 Å². The van der Waals surface area contributed by atoms with Crippen LogP contribution in [0.1, 0.15) is 51.9 Å². The Balaban J connectivity index is 1.54. The van der Waals surface area contributed by atoms with Gasteiger partial charge in [-0.3, -0.25) is 9.78 Å². The third kappa shape index (κ3) is 4.21. The molecule has 1 aliphatic rings. The summed E-state index contributed by atoms with van der Waals surface area (Å²) in [4.78, 5) is 23.7. The third-order valence-corrected chi connectivity index (χ3v) is 5.52. The van der Waals surface area contributed by atoms with Gasteiger partial charge in [-0.2, -0.15) is 0 Å².